The third-order valence-corrected chi connectivity index (χ3v) is 1.81. The van der Waals surface area contributed by atoms with Gasteiger partial charge in [0.05, 0.1) is 6.61 Å². The molecule has 2 N–H and O–H groups in total. The number of alkyl halides is 3. The summed E-state index contributed by atoms with van der Waals surface area (Å²) in [7, 11) is 0. The number of hydrogen-bond donors (Lipinski definition) is 2. The predicted octanol–water partition coefficient (Wildman–Crippen LogP) is 1.27. The van der Waals surface area contributed by atoms with Crippen molar-refractivity contribution in [3.05, 3.63) is 0 Å². The number of aliphatic carboxylic acids is 1. The van der Waals surface area contributed by atoms with Gasteiger partial charge < -0.3 is 15.2 Å². The SMILES string of the molecule is CCCOCC1CNC1.O=C(O)C(F)(F)F. The molecule has 0 unspecified atom stereocenters. The van der Waals surface area contributed by atoms with Crippen molar-refractivity contribution in [1.82, 2.24) is 5.32 Å². The van der Waals surface area contributed by atoms with Gasteiger partial charge >= 0.3 is 12.1 Å². The van der Waals surface area contributed by atoms with Crippen LogP contribution in [0.1, 0.15) is 13.3 Å². The lowest BCUT2D eigenvalue weighted by Gasteiger charge is -2.26. The lowest BCUT2D eigenvalue weighted by molar-refractivity contribution is -0.192. The number of carboxylic acid groups (broad SMARTS) is 1. The minimum atomic E-state index is -5.08. The molecule has 96 valence electrons. The van der Waals surface area contributed by atoms with Crippen LogP contribution in [0.2, 0.25) is 0 Å². The lowest BCUT2D eigenvalue weighted by atomic mass is 10.1. The first-order valence-corrected chi connectivity index (χ1v) is 4.96. The second-order valence-corrected chi connectivity index (χ2v) is 3.40. The Kier molecular flexibility index (Phi) is 7.07. The van der Waals surface area contributed by atoms with Gasteiger partial charge in [0, 0.05) is 25.6 Å². The van der Waals surface area contributed by atoms with Crippen LogP contribution in [0.15, 0.2) is 0 Å². The summed E-state index contributed by atoms with van der Waals surface area (Å²) in [5.74, 6) is -1.95. The highest BCUT2D eigenvalue weighted by Gasteiger charge is 2.38. The van der Waals surface area contributed by atoms with Crippen LogP contribution in [-0.2, 0) is 9.53 Å². The van der Waals surface area contributed by atoms with E-state index < -0.39 is 12.1 Å². The van der Waals surface area contributed by atoms with Gasteiger partial charge in [-0.25, -0.2) is 4.79 Å². The van der Waals surface area contributed by atoms with Crippen molar-refractivity contribution in [2.45, 2.75) is 19.5 Å². The van der Waals surface area contributed by atoms with Crippen LogP contribution in [0, 0.1) is 5.92 Å². The van der Waals surface area contributed by atoms with Crippen molar-refractivity contribution in [3.63, 3.8) is 0 Å². The van der Waals surface area contributed by atoms with Crippen LogP contribution < -0.4 is 5.32 Å². The normalized spacial score (nSPS) is 16.0. The predicted molar refractivity (Wildman–Crippen MR) is 51.2 cm³/mol. The van der Waals surface area contributed by atoms with Crippen molar-refractivity contribution < 1.29 is 27.8 Å². The lowest BCUT2D eigenvalue weighted by Crippen LogP contribution is -2.44. The van der Waals surface area contributed by atoms with E-state index in [0.717, 1.165) is 38.6 Å². The molecule has 0 atom stereocenters. The summed E-state index contributed by atoms with van der Waals surface area (Å²) in [6.45, 7) is 6.34. The monoisotopic (exact) mass is 243 g/mol. The average molecular weight is 243 g/mol. The number of halogens is 3. The quantitative estimate of drug-likeness (QED) is 0.730. The standard InChI is InChI=1S/C7H15NO.C2HF3O2/c1-2-3-9-6-7-4-8-5-7;3-2(4,5)1(6)7/h7-8H,2-6H2,1H3;(H,6,7). The molecule has 0 aromatic carbocycles. The number of hydrogen-bond acceptors (Lipinski definition) is 3. The molecule has 1 fully saturated rings. The topological polar surface area (TPSA) is 58.6 Å². The molecule has 4 nitrogen and oxygen atoms in total. The van der Waals surface area contributed by atoms with E-state index in [1.807, 2.05) is 0 Å². The third kappa shape index (κ3) is 7.47. The highest BCUT2D eigenvalue weighted by molar-refractivity contribution is 5.73. The van der Waals surface area contributed by atoms with Crippen molar-refractivity contribution in [2.75, 3.05) is 26.3 Å². The first-order valence-electron chi connectivity index (χ1n) is 4.96. The largest absolute Gasteiger partial charge is 0.490 e. The second-order valence-electron chi connectivity index (χ2n) is 3.40. The van der Waals surface area contributed by atoms with Gasteiger partial charge in [0.15, 0.2) is 0 Å². The number of nitrogens with one attached hydrogen (secondary N) is 1. The van der Waals surface area contributed by atoms with Crippen molar-refractivity contribution in [1.29, 1.82) is 0 Å². The fraction of sp³-hybridized carbons (Fsp3) is 0.889. The molecule has 0 bridgehead atoms. The zero-order valence-corrected chi connectivity index (χ0v) is 9.01. The van der Waals surface area contributed by atoms with E-state index in [-0.39, 0.29) is 0 Å². The van der Waals surface area contributed by atoms with Gasteiger partial charge in [-0.3, -0.25) is 0 Å². The van der Waals surface area contributed by atoms with Crippen LogP contribution >= 0.6 is 0 Å². The zero-order chi connectivity index (χ0) is 12.6. The Labute approximate surface area is 91.8 Å². The third-order valence-electron chi connectivity index (χ3n) is 1.81. The van der Waals surface area contributed by atoms with Gasteiger partial charge in [-0.15, -0.1) is 0 Å². The van der Waals surface area contributed by atoms with Gasteiger partial charge in [0.25, 0.3) is 0 Å². The number of carbonyl (C=O) groups is 1. The summed E-state index contributed by atoms with van der Waals surface area (Å²) >= 11 is 0. The zero-order valence-electron chi connectivity index (χ0n) is 9.01. The first-order chi connectivity index (χ1) is 7.38. The molecule has 0 aliphatic carbocycles. The second kappa shape index (κ2) is 7.45. The number of rotatable bonds is 4. The smallest absolute Gasteiger partial charge is 0.475 e. The average Bonchev–Trinajstić information content (AvgIpc) is 2.09. The van der Waals surface area contributed by atoms with Crippen LogP contribution in [0.3, 0.4) is 0 Å². The van der Waals surface area contributed by atoms with E-state index in [9.17, 15) is 13.2 Å². The molecule has 1 aliphatic rings. The highest BCUT2D eigenvalue weighted by atomic mass is 19.4. The molecular formula is C9H16F3NO3. The molecule has 1 rings (SSSR count). The minimum absolute atomic E-state index is 0.802. The van der Waals surface area contributed by atoms with Crippen molar-refractivity contribution >= 4 is 5.97 Å². The van der Waals surface area contributed by atoms with E-state index in [1.165, 1.54) is 0 Å². The Morgan fingerprint density at radius 1 is 1.50 bits per heavy atom. The molecule has 7 heteroatoms. The summed E-state index contributed by atoms with van der Waals surface area (Å²) in [5.41, 5.74) is 0. The molecule has 0 aromatic rings. The molecular weight excluding hydrogens is 227 g/mol. The molecule has 0 aromatic heterocycles. The highest BCUT2D eigenvalue weighted by Crippen LogP contribution is 2.13. The van der Waals surface area contributed by atoms with Gasteiger partial charge in [-0.2, -0.15) is 13.2 Å². The van der Waals surface area contributed by atoms with E-state index in [1.54, 1.807) is 0 Å². The molecule has 1 heterocycles. The van der Waals surface area contributed by atoms with Crippen LogP contribution in [0.4, 0.5) is 13.2 Å². The van der Waals surface area contributed by atoms with Gasteiger partial charge in [-0.05, 0) is 6.42 Å². The van der Waals surface area contributed by atoms with Crippen molar-refractivity contribution in [3.8, 4) is 0 Å². The van der Waals surface area contributed by atoms with Crippen LogP contribution in [-0.4, -0.2) is 43.6 Å². The molecule has 16 heavy (non-hydrogen) atoms. The van der Waals surface area contributed by atoms with Gasteiger partial charge in [0.2, 0.25) is 0 Å². The Bertz CT molecular complexity index is 205. The molecule has 0 spiro atoms. The Balaban J connectivity index is 0.000000293. The fourth-order valence-corrected chi connectivity index (χ4v) is 0.861. The molecule has 0 radical (unpaired) electrons. The Morgan fingerprint density at radius 3 is 2.25 bits per heavy atom. The first kappa shape index (κ1) is 15.2. The van der Waals surface area contributed by atoms with E-state index in [2.05, 4.69) is 12.2 Å². The Morgan fingerprint density at radius 2 is 2.00 bits per heavy atom. The minimum Gasteiger partial charge on any atom is -0.475 e. The Hall–Kier alpha value is -0.820. The van der Waals surface area contributed by atoms with Gasteiger partial charge in [0.1, 0.15) is 0 Å². The summed E-state index contributed by atoms with van der Waals surface area (Å²) in [4.78, 5) is 8.90. The van der Waals surface area contributed by atoms with E-state index in [4.69, 9.17) is 14.6 Å². The van der Waals surface area contributed by atoms with E-state index >= 15 is 0 Å². The fourth-order valence-electron chi connectivity index (χ4n) is 0.861. The molecule has 1 aliphatic heterocycles. The number of ether oxygens (including phenoxy) is 1. The summed E-state index contributed by atoms with van der Waals surface area (Å²) in [6.07, 6.45) is -3.94. The van der Waals surface area contributed by atoms with Crippen LogP contribution in [0.5, 0.6) is 0 Å². The summed E-state index contributed by atoms with van der Waals surface area (Å²) < 4.78 is 37.1. The van der Waals surface area contributed by atoms with Gasteiger partial charge in [-0.1, -0.05) is 6.92 Å². The maximum atomic E-state index is 10.6. The molecule has 0 saturated carbocycles. The number of carboxylic acids is 1. The maximum Gasteiger partial charge on any atom is 0.490 e. The maximum absolute atomic E-state index is 10.6. The molecule has 0 amide bonds. The summed E-state index contributed by atoms with van der Waals surface area (Å²) in [5, 5.41) is 10.3. The van der Waals surface area contributed by atoms with Crippen molar-refractivity contribution in [2.24, 2.45) is 5.92 Å². The van der Waals surface area contributed by atoms with E-state index in [0.29, 0.717) is 0 Å². The molecule has 1 saturated heterocycles. The summed E-state index contributed by atoms with van der Waals surface area (Å²) in [6, 6.07) is 0. The van der Waals surface area contributed by atoms with Crippen LogP contribution in [0.25, 0.3) is 0 Å².